The Balaban J connectivity index is 2.80. The standard InChI is InChI=1S/C8H13N3O2/c1-8(2,6(12)13)10-7-9-4-5-11(7)3/h4-5H,1-3H3,(H,9,10)(H,12,13). The van der Waals surface area contributed by atoms with Crippen LogP contribution < -0.4 is 5.32 Å². The van der Waals surface area contributed by atoms with Gasteiger partial charge < -0.3 is 15.0 Å². The summed E-state index contributed by atoms with van der Waals surface area (Å²) in [6, 6.07) is 0. The van der Waals surface area contributed by atoms with Crippen molar-refractivity contribution in [2.45, 2.75) is 19.4 Å². The molecule has 0 aliphatic carbocycles. The minimum absolute atomic E-state index is 0.549. The predicted octanol–water partition coefficient (Wildman–Crippen LogP) is 0.695. The number of aliphatic carboxylic acids is 1. The lowest BCUT2D eigenvalue weighted by atomic mass is 10.1. The maximum Gasteiger partial charge on any atom is 0.328 e. The van der Waals surface area contributed by atoms with Gasteiger partial charge in [0.1, 0.15) is 5.54 Å². The van der Waals surface area contributed by atoms with Gasteiger partial charge in [-0.2, -0.15) is 0 Å². The first kappa shape index (κ1) is 9.57. The van der Waals surface area contributed by atoms with Crippen molar-refractivity contribution >= 4 is 11.9 Å². The highest BCUT2D eigenvalue weighted by Gasteiger charge is 2.27. The highest BCUT2D eigenvalue weighted by molar-refractivity contribution is 5.80. The molecule has 1 aromatic rings. The minimum atomic E-state index is -1.00. The topological polar surface area (TPSA) is 67.2 Å². The monoisotopic (exact) mass is 183 g/mol. The second-order valence-electron chi connectivity index (χ2n) is 3.42. The van der Waals surface area contributed by atoms with E-state index in [-0.39, 0.29) is 0 Å². The number of carboxylic acids is 1. The summed E-state index contributed by atoms with van der Waals surface area (Å²) in [6.07, 6.45) is 3.36. The second kappa shape index (κ2) is 3.08. The molecule has 1 heterocycles. The normalized spacial score (nSPS) is 11.3. The molecule has 0 aromatic carbocycles. The van der Waals surface area contributed by atoms with Crippen LogP contribution in [-0.2, 0) is 11.8 Å². The van der Waals surface area contributed by atoms with E-state index in [0.29, 0.717) is 5.95 Å². The quantitative estimate of drug-likeness (QED) is 0.723. The maximum absolute atomic E-state index is 10.8. The average Bonchev–Trinajstić information content (AvgIpc) is 2.35. The molecule has 0 bridgehead atoms. The van der Waals surface area contributed by atoms with Crippen molar-refractivity contribution in [1.82, 2.24) is 9.55 Å². The van der Waals surface area contributed by atoms with Crippen LogP contribution in [0, 0.1) is 0 Å². The highest BCUT2D eigenvalue weighted by Crippen LogP contribution is 2.11. The summed E-state index contributed by atoms with van der Waals surface area (Å²) >= 11 is 0. The van der Waals surface area contributed by atoms with Crippen LogP contribution in [0.4, 0.5) is 5.95 Å². The summed E-state index contributed by atoms with van der Waals surface area (Å²) < 4.78 is 1.73. The zero-order valence-electron chi connectivity index (χ0n) is 7.90. The van der Waals surface area contributed by atoms with Crippen molar-refractivity contribution in [1.29, 1.82) is 0 Å². The molecule has 1 aromatic heterocycles. The predicted molar refractivity (Wildman–Crippen MR) is 48.5 cm³/mol. The van der Waals surface area contributed by atoms with E-state index in [9.17, 15) is 4.79 Å². The molecule has 5 nitrogen and oxygen atoms in total. The number of carboxylic acid groups (broad SMARTS) is 1. The van der Waals surface area contributed by atoms with Crippen molar-refractivity contribution < 1.29 is 9.90 Å². The van der Waals surface area contributed by atoms with Gasteiger partial charge in [-0.05, 0) is 13.8 Å². The fraction of sp³-hybridized carbons (Fsp3) is 0.500. The minimum Gasteiger partial charge on any atom is -0.480 e. The van der Waals surface area contributed by atoms with Crippen LogP contribution in [0.5, 0.6) is 0 Å². The molecular weight excluding hydrogens is 170 g/mol. The number of imidazole rings is 1. The molecule has 0 fully saturated rings. The summed E-state index contributed by atoms with van der Waals surface area (Å²) in [4.78, 5) is 14.7. The van der Waals surface area contributed by atoms with Gasteiger partial charge in [0.15, 0.2) is 0 Å². The van der Waals surface area contributed by atoms with Gasteiger partial charge >= 0.3 is 5.97 Å². The second-order valence-corrected chi connectivity index (χ2v) is 3.42. The fourth-order valence-electron chi connectivity index (χ4n) is 0.819. The van der Waals surface area contributed by atoms with E-state index in [1.807, 2.05) is 0 Å². The number of nitrogens with one attached hydrogen (secondary N) is 1. The number of aryl methyl sites for hydroxylation is 1. The third-order valence-electron chi connectivity index (χ3n) is 1.78. The van der Waals surface area contributed by atoms with Crippen molar-refractivity contribution in [2.75, 3.05) is 5.32 Å². The first-order valence-corrected chi connectivity index (χ1v) is 3.92. The molecule has 0 radical (unpaired) electrons. The molecule has 0 atom stereocenters. The van der Waals surface area contributed by atoms with E-state index in [4.69, 9.17) is 5.11 Å². The molecule has 5 heteroatoms. The van der Waals surface area contributed by atoms with Crippen LogP contribution in [0.15, 0.2) is 12.4 Å². The van der Waals surface area contributed by atoms with Crippen LogP contribution in [0.2, 0.25) is 0 Å². The van der Waals surface area contributed by atoms with Gasteiger partial charge in [0.05, 0.1) is 0 Å². The molecule has 0 spiro atoms. The first-order chi connectivity index (χ1) is 5.93. The van der Waals surface area contributed by atoms with Crippen LogP contribution in [0.3, 0.4) is 0 Å². The SMILES string of the molecule is Cn1ccnc1NC(C)(C)C(=O)O. The summed E-state index contributed by atoms with van der Waals surface area (Å²) in [5, 5.41) is 11.6. The molecule has 0 unspecified atom stereocenters. The van der Waals surface area contributed by atoms with Gasteiger partial charge in [-0.3, -0.25) is 0 Å². The van der Waals surface area contributed by atoms with Crippen molar-refractivity contribution in [3.05, 3.63) is 12.4 Å². The van der Waals surface area contributed by atoms with Crippen molar-refractivity contribution in [3.63, 3.8) is 0 Å². The third kappa shape index (κ3) is 1.99. The number of carbonyl (C=O) groups is 1. The number of hydrogen-bond acceptors (Lipinski definition) is 3. The molecule has 0 saturated heterocycles. The number of rotatable bonds is 3. The molecule has 72 valence electrons. The van der Waals surface area contributed by atoms with Gasteiger partial charge in [-0.15, -0.1) is 0 Å². The number of nitrogens with zero attached hydrogens (tertiary/aromatic N) is 2. The highest BCUT2D eigenvalue weighted by atomic mass is 16.4. The van der Waals surface area contributed by atoms with Gasteiger partial charge in [-0.25, -0.2) is 9.78 Å². The average molecular weight is 183 g/mol. The number of aromatic nitrogens is 2. The molecule has 0 saturated carbocycles. The molecule has 0 amide bonds. The van der Waals surface area contributed by atoms with E-state index in [1.54, 1.807) is 37.9 Å². The molecular formula is C8H13N3O2. The zero-order chi connectivity index (χ0) is 10.1. The Kier molecular flexibility index (Phi) is 2.27. The Morgan fingerprint density at radius 2 is 2.31 bits per heavy atom. The summed E-state index contributed by atoms with van der Waals surface area (Å²) in [7, 11) is 1.80. The number of hydrogen-bond donors (Lipinski definition) is 2. The molecule has 13 heavy (non-hydrogen) atoms. The Morgan fingerprint density at radius 3 is 2.69 bits per heavy atom. The zero-order valence-corrected chi connectivity index (χ0v) is 7.90. The van der Waals surface area contributed by atoms with Crippen LogP contribution in [-0.4, -0.2) is 26.2 Å². The van der Waals surface area contributed by atoms with Crippen LogP contribution in [0.1, 0.15) is 13.8 Å². The Labute approximate surface area is 76.4 Å². The molecule has 0 aliphatic rings. The van der Waals surface area contributed by atoms with Gasteiger partial charge in [0.2, 0.25) is 5.95 Å². The maximum atomic E-state index is 10.8. The molecule has 1 rings (SSSR count). The first-order valence-electron chi connectivity index (χ1n) is 3.92. The van der Waals surface area contributed by atoms with E-state index < -0.39 is 11.5 Å². The smallest absolute Gasteiger partial charge is 0.328 e. The van der Waals surface area contributed by atoms with E-state index in [0.717, 1.165) is 0 Å². The van der Waals surface area contributed by atoms with Crippen LogP contribution >= 0.6 is 0 Å². The lowest BCUT2D eigenvalue weighted by molar-refractivity contribution is -0.141. The van der Waals surface area contributed by atoms with Gasteiger partial charge in [0, 0.05) is 19.4 Å². The Bertz CT molecular complexity index is 317. The molecule has 2 N–H and O–H groups in total. The van der Waals surface area contributed by atoms with Gasteiger partial charge in [-0.1, -0.05) is 0 Å². The largest absolute Gasteiger partial charge is 0.480 e. The summed E-state index contributed by atoms with van der Waals surface area (Å²) in [5.74, 6) is -0.358. The lowest BCUT2D eigenvalue weighted by Gasteiger charge is -2.21. The van der Waals surface area contributed by atoms with Gasteiger partial charge in [0.25, 0.3) is 0 Å². The Hall–Kier alpha value is -1.52. The number of anilines is 1. The summed E-state index contributed by atoms with van der Waals surface area (Å²) in [5.41, 5.74) is -1.00. The Morgan fingerprint density at radius 1 is 1.69 bits per heavy atom. The summed E-state index contributed by atoms with van der Waals surface area (Å²) in [6.45, 7) is 3.17. The van der Waals surface area contributed by atoms with E-state index in [2.05, 4.69) is 10.3 Å². The lowest BCUT2D eigenvalue weighted by Crippen LogP contribution is -2.40. The van der Waals surface area contributed by atoms with Crippen molar-refractivity contribution in [3.8, 4) is 0 Å². The van der Waals surface area contributed by atoms with E-state index in [1.165, 1.54) is 0 Å². The van der Waals surface area contributed by atoms with E-state index >= 15 is 0 Å². The third-order valence-corrected chi connectivity index (χ3v) is 1.78. The van der Waals surface area contributed by atoms with Crippen molar-refractivity contribution in [2.24, 2.45) is 7.05 Å². The van der Waals surface area contributed by atoms with Crippen LogP contribution in [0.25, 0.3) is 0 Å². The fourth-order valence-corrected chi connectivity index (χ4v) is 0.819. The molecule has 0 aliphatic heterocycles.